The monoisotopic (exact) mass is 287 g/mol. The van der Waals surface area contributed by atoms with Gasteiger partial charge >= 0.3 is 5.97 Å². The van der Waals surface area contributed by atoms with Crippen molar-refractivity contribution in [2.45, 2.75) is 6.61 Å². The number of carbonyl (C=O) groups is 1. The van der Waals surface area contributed by atoms with Gasteiger partial charge in [0.05, 0.1) is 5.56 Å². The largest absolute Gasteiger partial charge is 0.457 e. The highest BCUT2D eigenvalue weighted by atomic mass is 35.5. The zero-order chi connectivity index (χ0) is 14.5. The van der Waals surface area contributed by atoms with Crippen molar-refractivity contribution in [2.24, 2.45) is 0 Å². The molecule has 0 aliphatic carbocycles. The van der Waals surface area contributed by atoms with Crippen LogP contribution in [0, 0.1) is 11.3 Å². The first-order valence-electron chi connectivity index (χ1n) is 5.67. The van der Waals surface area contributed by atoms with Gasteiger partial charge in [-0.2, -0.15) is 5.26 Å². The number of nitrogens with two attached hydrogens (primary N) is 1. The lowest BCUT2D eigenvalue weighted by Crippen LogP contribution is -2.07. The summed E-state index contributed by atoms with van der Waals surface area (Å²) in [5.74, 6) is -0.563. The Balaban J connectivity index is 2.11. The molecule has 5 nitrogen and oxygen atoms in total. The lowest BCUT2D eigenvalue weighted by molar-refractivity contribution is 0.0472. The highest BCUT2D eigenvalue weighted by Crippen LogP contribution is 2.18. The minimum atomic E-state index is -0.563. The molecule has 2 aromatic rings. The Morgan fingerprint density at radius 3 is 2.95 bits per heavy atom. The number of anilines is 1. The summed E-state index contributed by atoms with van der Waals surface area (Å²) in [6, 6.07) is 9.75. The molecule has 2 N–H and O–H groups in total. The summed E-state index contributed by atoms with van der Waals surface area (Å²) in [5.41, 5.74) is 7.01. The van der Waals surface area contributed by atoms with Gasteiger partial charge in [-0.1, -0.05) is 17.7 Å². The molecule has 0 aliphatic rings. The van der Waals surface area contributed by atoms with E-state index >= 15 is 0 Å². The Hall–Kier alpha value is -2.58. The molecule has 0 fully saturated rings. The van der Waals surface area contributed by atoms with E-state index in [1.54, 1.807) is 12.1 Å². The number of nitriles is 1. The van der Waals surface area contributed by atoms with Gasteiger partial charge in [0.15, 0.2) is 0 Å². The summed E-state index contributed by atoms with van der Waals surface area (Å²) in [5, 5.41) is 9.24. The maximum absolute atomic E-state index is 11.9. The zero-order valence-corrected chi connectivity index (χ0v) is 11.1. The molecular formula is C14H10ClN3O2. The average molecular weight is 288 g/mol. The van der Waals surface area contributed by atoms with E-state index in [9.17, 15) is 4.79 Å². The Morgan fingerprint density at radius 2 is 2.25 bits per heavy atom. The normalized spacial score (nSPS) is 9.80. The molecule has 0 amide bonds. The number of benzene rings is 1. The van der Waals surface area contributed by atoms with Crippen molar-refractivity contribution in [3.63, 3.8) is 0 Å². The summed E-state index contributed by atoms with van der Waals surface area (Å²) in [4.78, 5) is 15.8. The van der Waals surface area contributed by atoms with Crippen molar-refractivity contribution in [1.29, 1.82) is 5.26 Å². The van der Waals surface area contributed by atoms with Gasteiger partial charge in [-0.15, -0.1) is 0 Å². The number of hydrogen-bond donors (Lipinski definition) is 1. The number of ether oxygens (including phenoxy) is 1. The minimum Gasteiger partial charge on any atom is -0.457 e. The number of nitrogens with zero attached hydrogens (tertiary/aromatic N) is 2. The molecule has 0 radical (unpaired) electrons. The molecule has 0 spiro atoms. The molecule has 0 bridgehead atoms. The van der Waals surface area contributed by atoms with E-state index in [0.29, 0.717) is 16.3 Å². The van der Waals surface area contributed by atoms with Gasteiger partial charge < -0.3 is 10.5 Å². The van der Waals surface area contributed by atoms with Crippen LogP contribution in [0.25, 0.3) is 0 Å². The molecule has 100 valence electrons. The average Bonchev–Trinajstić information content (AvgIpc) is 2.44. The number of halogens is 1. The summed E-state index contributed by atoms with van der Waals surface area (Å²) in [6.45, 7) is -0.0397. The van der Waals surface area contributed by atoms with Gasteiger partial charge in [-0.25, -0.2) is 9.78 Å². The predicted molar refractivity (Wildman–Crippen MR) is 73.9 cm³/mol. The molecule has 0 saturated heterocycles. The second-order valence-electron chi connectivity index (χ2n) is 3.97. The van der Waals surface area contributed by atoms with E-state index in [-0.39, 0.29) is 17.9 Å². The van der Waals surface area contributed by atoms with Crippen molar-refractivity contribution in [1.82, 2.24) is 4.98 Å². The molecular weight excluding hydrogens is 278 g/mol. The molecule has 0 atom stereocenters. The Bertz CT molecular complexity index is 675. The molecule has 1 aromatic carbocycles. The molecule has 6 heteroatoms. The number of esters is 1. The third kappa shape index (κ3) is 3.25. The summed E-state index contributed by atoms with van der Waals surface area (Å²) in [6.07, 6.45) is 1.50. The lowest BCUT2D eigenvalue weighted by atomic mass is 10.2. The van der Waals surface area contributed by atoms with Crippen LogP contribution in [0.15, 0.2) is 36.5 Å². The van der Waals surface area contributed by atoms with Crippen LogP contribution in [0.3, 0.4) is 0 Å². The summed E-state index contributed by atoms with van der Waals surface area (Å²) >= 11 is 5.82. The number of rotatable bonds is 3. The standard InChI is InChI=1S/C14H10ClN3O2/c15-11-4-10(5-12(17)6-11)14(19)20-8-9-2-1-3-18-13(9)7-16/h1-6H,8,17H2. The van der Waals surface area contributed by atoms with E-state index in [2.05, 4.69) is 4.98 Å². The second kappa shape index (κ2) is 6.04. The molecule has 0 unspecified atom stereocenters. The fraction of sp³-hybridized carbons (Fsp3) is 0.0714. The van der Waals surface area contributed by atoms with Gasteiger partial charge in [0.25, 0.3) is 0 Å². The van der Waals surface area contributed by atoms with Gasteiger partial charge in [0.1, 0.15) is 18.4 Å². The van der Waals surface area contributed by atoms with Crippen molar-refractivity contribution >= 4 is 23.3 Å². The number of aromatic nitrogens is 1. The van der Waals surface area contributed by atoms with Gasteiger partial charge in [-0.05, 0) is 24.3 Å². The minimum absolute atomic E-state index is 0.0397. The fourth-order valence-corrected chi connectivity index (χ4v) is 1.86. The second-order valence-corrected chi connectivity index (χ2v) is 4.41. The topological polar surface area (TPSA) is 89.0 Å². The van der Waals surface area contributed by atoms with Gasteiger partial charge in [0, 0.05) is 22.5 Å². The maximum Gasteiger partial charge on any atom is 0.338 e. The van der Waals surface area contributed by atoms with Crippen LogP contribution in [0.5, 0.6) is 0 Å². The quantitative estimate of drug-likeness (QED) is 0.692. The Kier molecular flexibility index (Phi) is 4.18. The molecule has 1 aromatic heterocycles. The Labute approximate surface area is 120 Å². The molecule has 0 saturated carbocycles. The maximum atomic E-state index is 11.9. The van der Waals surface area contributed by atoms with Crippen LogP contribution in [0.2, 0.25) is 5.02 Å². The number of pyridine rings is 1. The van der Waals surface area contributed by atoms with Crippen LogP contribution in [0.4, 0.5) is 5.69 Å². The molecule has 1 heterocycles. The van der Waals surface area contributed by atoms with Crippen LogP contribution in [-0.2, 0) is 11.3 Å². The van der Waals surface area contributed by atoms with Crippen molar-refractivity contribution in [3.05, 3.63) is 58.4 Å². The zero-order valence-electron chi connectivity index (χ0n) is 10.3. The fourth-order valence-electron chi connectivity index (χ4n) is 1.61. The van der Waals surface area contributed by atoms with Crippen molar-refractivity contribution in [2.75, 3.05) is 5.73 Å². The van der Waals surface area contributed by atoms with Crippen LogP contribution in [-0.4, -0.2) is 11.0 Å². The third-order valence-corrected chi connectivity index (χ3v) is 2.73. The van der Waals surface area contributed by atoms with E-state index in [0.717, 1.165) is 0 Å². The van der Waals surface area contributed by atoms with E-state index < -0.39 is 5.97 Å². The first kappa shape index (κ1) is 13.8. The Morgan fingerprint density at radius 1 is 1.45 bits per heavy atom. The van der Waals surface area contributed by atoms with E-state index in [1.165, 1.54) is 24.4 Å². The molecule has 0 aliphatic heterocycles. The molecule has 20 heavy (non-hydrogen) atoms. The van der Waals surface area contributed by atoms with E-state index in [1.807, 2.05) is 6.07 Å². The number of nitrogen functional groups attached to an aromatic ring is 1. The number of hydrogen-bond acceptors (Lipinski definition) is 5. The summed E-state index contributed by atoms with van der Waals surface area (Å²) in [7, 11) is 0. The van der Waals surface area contributed by atoms with E-state index in [4.69, 9.17) is 27.3 Å². The van der Waals surface area contributed by atoms with Gasteiger partial charge in [0.2, 0.25) is 0 Å². The van der Waals surface area contributed by atoms with Crippen LogP contribution in [0.1, 0.15) is 21.6 Å². The van der Waals surface area contributed by atoms with Crippen LogP contribution >= 0.6 is 11.6 Å². The SMILES string of the molecule is N#Cc1ncccc1COC(=O)c1cc(N)cc(Cl)c1. The third-order valence-electron chi connectivity index (χ3n) is 2.51. The summed E-state index contributed by atoms with van der Waals surface area (Å²) < 4.78 is 5.12. The van der Waals surface area contributed by atoms with Crippen LogP contribution < -0.4 is 5.73 Å². The lowest BCUT2D eigenvalue weighted by Gasteiger charge is -2.07. The number of carbonyl (C=O) groups excluding carboxylic acids is 1. The highest BCUT2D eigenvalue weighted by molar-refractivity contribution is 6.31. The molecule has 2 rings (SSSR count). The van der Waals surface area contributed by atoms with Gasteiger partial charge in [-0.3, -0.25) is 0 Å². The first-order chi connectivity index (χ1) is 9.60. The van der Waals surface area contributed by atoms with Crippen molar-refractivity contribution in [3.8, 4) is 6.07 Å². The highest BCUT2D eigenvalue weighted by Gasteiger charge is 2.11. The predicted octanol–water partition coefficient (Wildman–Crippen LogP) is 2.55. The smallest absolute Gasteiger partial charge is 0.338 e. The van der Waals surface area contributed by atoms with Crippen molar-refractivity contribution < 1.29 is 9.53 Å². The first-order valence-corrected chi connectivity index (χ1v) is 6.05.